The van der Waals surface area contributed by atoms with Gasteiger partial charge in [-0.2, -0.15) is 0 Å². The van der Waals surface area contributed by atoms with E-state index in [9.17, 15) is 4.79 Å². The van der Waals surface area contributed by atoms with Crippen molar-refractivity contribution < 1.29 is 14.6 Å². The van der Waals surface area contributed by atoms with E-state index in [1.165, 1.54) is 4.90 Å². The van der Waals surface area contributed by atoms with Gasteiger partial charge in [-0.1, -0.05) is 0 Å². The first kappa shape index (κ1) is 15.3. The minimum absolute atomic E-state index is 0.0426. The molecule has 0 spiro atoms. The van der Waals surface area contributed by atoms with Gasteiger partial charge in [0.05, 0.1) is 6.10 Å². The van der Waals surface area contributed by atoms with Gasteiger partial charge in [0.1, 0.15) is 0 Å². The average molecular weight is 294 g/mol. The number of nitrogens with zero attached hydrogens (tertiary/aromatic N) is 3. The zero-order valence-electron chi connectivity index (χ0n) is 12.5. The molecule has 0 aliphatic carbocycles. The summed E-state index contributed by atoms with van der Waals surface area (Å²) in [6.07, 6.45) is 4.17. The highest BCUT2D eigenvalue weighted by Gasteiger charge is 2.22. The largest absolute Gasteiger partial charge is 0.472 e. The molecular formula is C14H22N4O3. The van der Waals surface area contributed by atoms with E-state index in [1.54, 1.807) is 12.4 Å². The fraction of sp³-hybridized carbons (Fsp3) is 0.643. The van der Waals surface area contributed by atoms with Crippen LogP contribution in [0.3, 0.4) is 0 Å². The van der Waals surface area contributed by atoms with Crippen LogP contribution in [0.5, 0.6) is 5.88 Å². The van der Waals surface area contributed by atoms with Crippen molar-refractivity contribution in [2.24, 2.45) is 5.92 Å². The molecule has 1 aromatic rings. The Labute approximate surface area is 124 Å². The maximum Gasteiger partial charge on any atom is 0.407 e. The molecule has 2 N–H and O–H groups in total. The number of piperidine rings is 1. The third kappa shape index (κ3) is 4.47. The molecule has 0 atom stereocenters. The summed E-state index contributed by atoms with van der Waals surface area (Å²) in [5.41, 5.74) is 0. The van der Waals surface area contributed by atoms with Gasteiger partial charge in [0.15, 0.2) is 5.82 Å². The Morgan fingerprint density at radius 1 is 1.43 bits per heavy atom. The highest BCUT2D eigenvalue weighted by molar-refractivity contribution is 5.65. The van der Waals surface area contributed by atoms with E-state index < -0.39 is 6.09 Å². The van der Waals surface area contributed by atoms with Gasteiger partial charge in [0, 0.05) is 32.0 Å². The number of anilines is 1. The molecule has 2 rings (SSSR count). The molecule has 1 amide bonds. The first-order valence-electron chi connectivity index (χ1n) is 7.25. The molecule has 1 aliphatic heterocycles. The lowest BCUT2D eigenvalue weighted by molar-refractivity contribution is 0.126. The molecule has 0 radical (unpaired) electrons. The number of hydrogen-bond donors (Lipinski definition) is 2. The van der Waals surface area contributed by atoms with E-state index in [0.717, 1.165) is 19.4 Å². The Hall–Kier alpha value is -2.05. The second kappa shape index (κ2) is 7.10. The third-order valence-corrected chi connectivity index (χ3v) is 3.46. The van der Waals surface area contributed by atoms with Crippen molar-refractivity contribution in [1.29, 1.82) is 0 Å². The van der Waals surface area contributed by atoms with Gasteiger partial charge < -0.3 is 20.1 Å². The smallest absolute Gasteiger partial charge is 0.407 e. The number of nitrogens with one attached hydrogen (secondary N) is 1. The van der Waals surface area contributed by atoms with E-state index >= 15 is 0 Å². The SMILES string of the molecule is CC(C)Oc1nccnc1NCC1CCN(C(=O)O)CC1. The molecule has 1 fully saturated rings. The summed E-state index contributed by atoms with van der Waals surface area (Å²) in [4.78, 5) is 20.8. The van der Waals surface area contributed by atoms with Crippen LogP contribution in [0.2, 0.25) is 0 Å². The van der Waals surface area contributed by atoms with Crippen LogP contribution in [0.4, 0.5) is 10.6 Å². The van der Waals surface area contributed by atoms with E-state index in [4.69, 9.17) is 9.84 Å². The number of carboxylic acid groups (broad SMARTS) is 1. The van der Waals surface area contributed by atoms with Crippen LogP contribution in [0, 0.1) is 5.92 Å². The van der Waals surface area contributed by atoms with Crippen LogP contribution in [-0.4, -0.2) is 51.8 Å². The molecule has 0 saturated carbocycles. The van der Waals surface area contributed by atoms with Crippen LogP contribution in [0.25, 0.3) is 0 Å². The molecular weight excluding hydrogens is 272 g/mol. The van der Waals surface area contributed by atoms with Gasteiger partial charge in [-0.15, -0.1) is 0 Å². The Morgan fingerprint density at radius 3 is 2.71 bits per heavy atom. The van der Waals surface area contributed by atoms with Crippen LogP contribution < -0.4 is 10.1 Å². The molecule has 7 heteroatoms. The van der Waals surface area contributed by atoms with Crippen LogP contribution >= 0.6 is 0 Å². The van der Waals surface area contributed by atoms with E-state index in [0.29, 0.717) is 30.7 Å². The zero-order valence-corrected chi connectivity index (χ0v) is 12.5. The number of amides is 1. The summed E-state index contributed by atoms with van der Waals surface area (Å²) < 4.78 is 5.61. The van der Waals surface area contributed by atoms with Crippen molar-refractivity contribution in [3.63, 3.8) is 0 Å². The number of rotatable bonds is 5. The second-order valence-electron chi connectivity index (χ2n) is 5.47. The quantitative estimate of drug-likeness (QED) is 0.864. The topological polar surface area (TPSA) is 87.6 Å². The Morgan fingerprint density at radius 2 is 2.10 bits per heavy atom. The highest BCUT2D eigenvalue weighted by Crippen LogP contribution is 2.22. The highest BCUT2D eigenvalue weighted by atomic mass is 16.5. The molecule has 0 aromatic carbocycles. The lowest BCUT2D eigenvalue weighted by Crippen LogP contribution is -2.39. The van der Waals surface area contributed by atoms with Crippen LogP contribution in [-0.2, 0) is 0 Å². The maximum absolute atomic E-state index is 10.9. The first-order chi connectivity index (χ1) is 10.1. The molecule has 1 aliphatic rings. The number of likely N-dealkylation sites (tertiary alicyclic amines) is 1. The van der Waals surface area contributed by atoms with Crippen LogP contribution in [0.1, 0.15) is 26.7 Å². The molecule has 2 heterocycles. The van der Waals surface area contributed by atoms with Gasteiger partial charge in [0.2, 0.25) is 0 Å². The van der Waals surface area contributed by atoms with Crippen molar-refractivity contribution in [3.8, 4) is 5.88 Å². The fourth-order valence-electron chi connectivity index (χ4n) is 2.33. The average Bonchev–Trinajstić information content (AvgIpc) is 2.46. The summed E-state index contributed by atoms with van der Waals surface area (Å²) in [6.45, 7) is 5.83. The lowest BCUT2D eigenvalue weighted by atomic mass is 9.97. The van der Waals surface area contributed by atoms with Crippen molar-refractivity contribution >= 4 is 11.9 Å². The molecule has 0 bridgehead atoms. The normalized spacial score (nSPS) is 16.0. The standard InChI is InChI=1S/C14H22N4O3/c1-10(2)21-13-12(15-5-6-16-13)17-9-11-3-7-18(8-4-11)14(19)20/h5-6,10-11H,3-4,7-9H2,1-2H3,(H,15,17)(H,19,20). The predicted octanol–water partition coefficient (Wildman–Crippen LogP) is 2.07. The monoisotopic (exact) mass is 294 g/mol. The van der Waals surface area contributed by atoms with Crippen molar-refractivity contribution in [1.82, 2.24) is 14.9 Å². The number of hydrogen-bond acceptors (Lipinski definition) is 5. The van der Waals surface area contributed by atoms with E-state index in [1.807, 2.05) is 13.8 Å². The van der Waals surface area contributed by atoms with Crippen molar-refractivity contribution in [2.45, 2.75) is 32.8 Å². The summed E-state index contributed by atoms with van der Waals surface area (Å²) in [6, 6.07) is 0. The van der Waals surface area contributed by atoms with E-state index in [2.05, 4.69) is 15.3 Å². The summed E-state index contributed by atoms with van der Waals surface area (Å²) in [5.74, 6) is 1.59. The van der Waals surface area contributed by atoms with Gasteiger partial charge in [-0.3, -0.25) is 0 Å². The fourth-order valence-corrected chi connectivity index (χ4v) is 2.33. The molecule has 116 valence electrons. The summed E-state index contributed by atoms with van der Waals surface area (Å²) in [7, 11) is 0. The van der Waals surface area contributed by atoms with Crippen molar-refractivity contribution in [3.05, 3.63) is 12.4 Å². The van der Waals surface area contributed by atoms with Crippen molar-refractivity contribution in [2.75, 3.05) is 25.0 Å². The van der Waals surface area contributed by atoms with Gasteiger partial charge in [-0.05, 0) is 32.6 Å². The number of ether oxygens (including phenoxy) is 1. The number of aromatic nitrogens is 2. The predicted molar refractivity (Wildman–Crippen MR) is 78.6 cm³/mol. The minimum atomic E-state index is -0.831. The molecule has 1 aromatic heterocycles. The molecule has 21 heavy (non-hydrogen) atoms. The first-order valence-corrected chi connectivity index (χ1v) is 7.25. The Kier molecular flexibility index (Phi) is 5.19. The van der Waals surface area contributed by atoms with Gasteiger partial charge in [-0.25, -0.2) is 14.8 Å². The lowest BCUT2D eigenvalue weighted by Gasteiger charge is -2.30. The van der Waals surface area contributed by atoms with Gasteiger partial charge in [0.25, 0.3) is 5.88 Å². The Bertz CT molecular complexity index is 473. The molecule has 0 unspecified atom stereocenters. The van der Waals surface area contributed by atoms with Gasteiger partial charge >= 0.3 is 6.09 Å². The summed E-state index contributed by atoms with van der Waals surface area (Å²) in [5, 5.41) is 12.2. The molecule has 1 saturated heterocycles. The maximum atomic E-state index is 10.9. The minimum Gasteiger partial charge on any atom is -0.472 e. The van der Waals surface area contributed by atoms with Crippen LogP contribution in [0.15, 0.2) is 12.4 Å². The molecule has 7 nitrogen and oxygen atoms in total. The zero-order chi connectivity index (χ0) is 15.2. The second-order valence-corrected chi connectivity index (χ2v) is 5.47. The number of carbonyl (C=O) groups is 1. The van der Waals surface area contributed by atoms with E-state index in [-0.39, 0.29) is 6.10 Å². The Balaban J connectivity index is 1.85. The summed E-state index contributed by atoms with van der Waals surface area (Å²) >= 11 is 0. The third-order valence-electron chi connectivity index (χ3n) is 3.46.